The van der Waals surface area contributed by atoms with Crippen LogP contribution in [-0.4, -0.2) is 145 Å². The van der Waals surface area contributed by atoms with Crippen LogP contribution < -0.4 is 0 Å². The van der Waals surface area contributed by atoms with Crippen LogP contribution in [0.2, 0.25) is 0 Å². The fourth-order valence-electron chi connectivity index (χ4n) is 8.45. The molecule has 15 nitrogen and oxygen atoms in total. The molecule has 2 saturated heterocycles. The number of methoxy groups -OCH3 is 1. The molecule has 4 rings (SSSR count). The van der Waals surface area contributed by atoms with E-state index in [1.54, 1.807) is 64.9 Å². The van der Waals surface area contributed by atoms with Gasteiger partial charge in [0.15, 0.2) is 12.6 Å². The molecule has 3 heterocycles. The van der Waals surface area contributed by atoms with Crippen LogP contribution in [0.1, 0.15) is 85.6 Å². The molecule has 3 aliphatic rings. The van der Waals surface area contributed by atoms with Gasteiger partial charge in [-0.3, -0.25) is 9.59 Å². The van der Waals surface area contributed by atoms with Crippen LogP contribution in [0.15, 0.2) is 54.6 Å². The van der Waals surface area contributed by atoms with E-state index in [1.807, 2.05) is 50.3 Å². The summed E-state index contributed by atoms with van der Waals surface area (Å²) in [5.41, 5.74) is -0.356. The number of cyclic esters (lactones) is 1. The molecule has 3 N–H and O–H groups in total. The summed E-state index contributed by atoms with van der Waals surface area (Å²) in [4.78, 5) is 40.3. The van der Waals surface area contributed by atoms with Crippen molar-refractivity contribution in [1.82, 2.24) is 4.90 Å². The highest BCUT2D eigenvalue weighted by molar-refractivity contribution is 5.72. The summed E-state index contributed by atoms with van der Waals surface area (Å²) < 4.78 is 49.7. The Morgan fingerprint density at radius 2 is 1.72 bits per heavy atom. The summed E-state index contributed by atoms with van der Waals surface area (Å²) >= 11 is 0. The number of ether oxygens (including phenoxy) is 8. The van der Waals surface area contributed by atoms with Gasteiger partial charge in [0.2, 0.25) is 0 Å². The van der Waals surface area contributed by atoms with E-state index in [0.29, 0.717) is 13.0 Å². The van der Waals surface area contributed by atoms with Crippen molar-refractivity contribution in [2.45, 2.75) is 172 Å². The Labute approximate surface area is 355 Å². The van der Waals surface area contributed by atoms with Crippen molar-refractivity contribution >= 4 is 18.2 Å². The number of benzene rings is 1. The zero-order valence-corrected chi connectivity index (χ0v) is 36.7. The maximum atomic E-state index is 13.4. The summed E-state index contributed by atoms with van der Waals surface area (Å²) in [6.07, 6.45) is -3.21. The molecule has 1 unspecified atom stereocenters. The highest BCUT2D eigenvalue weighted by Gasteiger charge is 2.52. The van der Waals surface area contributed by atoms with Gasteiger partial charge in [-0.05, 0) is 65.6 Å². The molecule has 0 aromatic heterocycles. The molecule has 338 valence electrons. The number of likely N-dealkylation sites (N-methyl/N-ethyl adjacent to an activating group) is 1. The van der Waals surface area contributed by atoms with Gasteiger partial charge < -0.3 is 62.9 Å². The molecule has 1 aromatic rings. The van der Waals surface area contributed by atoms with Crippen LogP contribution in [0, 0.1) is 11.8 Å². The van der Waals surface area contributed by atoms with Gasteiger partial charge in [-0.15, -0.1) is 0 Å². The Balaban J connectivity index is 1.63. The minimum absolute atomic E-state index is 0.0101. The van der Waals surface area contributed by atoms with Crippen molar-refractivity contribution in [3.8, 4) is 0 Å². The first-order valence-corrected chi connectivity index (χ1v) is 21.2. The second-order valence-corrected chi connectivity index (χ2v) is 16.9. The maximum Gasteiger partial charge on any atom is 0.309 e. The van der Waals surface area contributed by atoms with Crippen LogP contribution in [0.3, 0.4) is 0 Å². The van der Waals surface area contributed by atoms with Crippen molar-refractivity contribution in [3.63, 3.8) is 0 Å². The molecule has 3 aliphatic heterocycles. The van der Waals surface area contributed by atoms with Crippen LogP contribution in [0.5, 0.6) is 0 Å². The molecule has 60 heavy (non-hydrogen) atoms. The summed E-state index contributed by atoms with van der Waals surface area (Å²) in [5, 5.41) is 34.9. The molecule has 0 bridgehead atoms. The first kappa shape index (κ1) is 49.6. The van der Waals surface area contributed by atoms with Gasteiger partial charge >= 0.3 is 11.9 Å². The number of aliphatic hydroxyl groups is 3. The topological polar surface area (TPSA) is 189 Å². The van der Waals surface area contributed by atoms with Crippen molar-refractivity contribution in [2.75, 3.05) is 21.2 Å². The summed E-state index contributed by atoms with van der Waals surface area (Å²) in [6, 6.07) is 8.93. The standard InChI is InChI=1S/C45H69NO14/c1-10-35(49)58-34-24-36(50)55-28(3)17-13-11-16-20-33(48)27(2)23-32(21-22-47)41(42(34)53-9)60-44-39(51)38(46(7)8)40(29(4)57-44)59-37-25-45(6,52)43(30(5)56-37)54-26-31-18-14-12-15-19-31/h11-16,18-20,22,27-30,32-34,37-44,48,51-52H,10,17,21,23-26H2,1-9H3/b13-11+,20-16+/t27-,28-,29-,30+,32+,33+,34-,37+,38-,39-,40-,41+,42?,43+,44+,45-/m1/s1. The van der Waals surface area contributed by atoms with Crippen molar-refractivity contribution in [1.29, 1.82) is 0 Å². The minimum Gasteiger partial charge on any atom is -0.462 e. The Kier molecular flexibility index (Phi) is 19.3. The van der Waals surface area contributed by atoms with E-state index in [4.69, 9.17) is 37.9 Å². The predicted octanol–water partition coefficient (Wildman–Crippen LogP) is 4.03. The molecule has 2 fully saturated rings. The third-order valence-corrected chi connectivity index (χ3v) is 11.6. The average molecular weight is 848 g/mol. The number of hydrogen-bond donors (Lipinski definition) is 3. The SMILES string of the molecule is CCC(=O)O[C@@H]1CC(=O)O[C@H](C)C/C=C/C=C/[C@H](O)[C@H](C)C[C@H](CC=O)[C@H](O[C@@H]2O[C@H](C)[C@@H](O[C@H]3C[C@@](C)(O)[C@@H](OCc4ccccc4)[C@H](C)O3)[C@H](N(C)C)[C@H]2O)C1OC. The lowest BCUT2D eigenvalue weighted by Gasteiger charge is -2.50. The molecule has 0 aliphatic carbocycles. The second-order valence-electron chi connectivity index (χ2n) is 16.9. The van der Waals surface area contributed by atoms with E-state index in [2.05, 4.69) is 0 Å². The largest absolute Gasteiger partial charge is 0.462 e. The quantitative estimate of drug-likeness (QED) is 0.191. The number of aldehydes is 1. The number of esters is 2. The van der Waals surface area contributed by atoms with Crippen LogP contribution in [0.4, 0.5) is 0 Å². The Morgan fingerprint density at radius 1 is 1.00 bits per heavy atom. The van der Waals surface area contributed by atoms with Gasteiger partial charge in [-0.2, -0.15) is 0 Å². The highest BCUT2D eigenvalue weighted by atomic mass is 16.7. The number of nitrogens with zero attached hydrogens (tertiary/aromatic N) is 1. The lowest BCUT2D eigenvalue weighted by atomic mass is 9.82. The number of carbonyl (C=O) groups is 3. The van der Waals surface area contributed by atoms with E-state index in [9.17, 15) is 29.7 Å². The summed E-state index contributed by atoms with van der Waals surface area (Å²) in [6.45, 7) is 10.8. The van der Waals surface area contributed by atoms with Crippen molar-refractivity contribution < 1.29 is 67.6 Å². The normalized spacial score (nSPS) is 39.7. The van der Waals surface area contributed by atoms with Gasteiger partial charge in [-0.1, -0.05) is 68.5 Å². The second kappa shape index (κ2) is 23.4. The molecule has 0 spiro atoms. The monoisotopic (exact) mass is 847 g/mol. The Hall–Kier alpha value is -3.09. The number of aliphatic hydroxyl groups excluding tert-OH is 2. The zero-order chi connectivity index (χ0) is 44.1. The van der Waals surface area contributed by atoms with E-state index in [1.165, 1.54) is 7.11 Å². The first-order valence-electron chi connectivity index (χ1n) is 21.2. The molecule has 1 aromatic carbocycles. The van der Waals surface area contributed by atoms with Gasteiger partial charge in [-0.25, -0.2) is 0 Å². The average Bonchev–Trinajstić information content (AvgIpc) is 3.18. The molecular weight excluding hydrogens is 778 g/mol. The number of allylic oxidation sites excluding steroid dienone is 2. The third-order valence-electron chi connectivity index (χ3n) is 11.6. The first-order chi connectivity index (χ1) is 28.5. The fourth-order valence-corrected chi connectivity index (χ4v) is 8.45. The molecule has 15 heteroatoms. The molecule has 0 saturated carbocycles. The van der Waals surface area contributed by atoms with Gasteiger partial charge in [0.05, 0.1) is 49.1 Å². The smallest absolute Gasteiger partial charge is 0.309 e. The highest BCUT2D eigenvalue weighted by Crippen LogP contribution is 2.38. The van der Waals surface area contributed by atoms with Crippen LogP contribution >= 0.6 is 0 Å². The van der Waals surface area contributed by atoms with Gasteiger partial charge in [0, 0.05) is 32.8 Å². The summed E-state index contributed by atoms with van der Waals surface area (Å²) in [5.74, 6) is -2.30. The zero-order valence-electron chi connectivity index (χ0n) is 36.7. The molecule has 16 atom stereocenters. The minimum atomic E-state index is -1.36. The fraction of sp³-hybridized carbons (Fsp3) is 0.711. The Bertz CT molecular complexity index is 1540. The predicted molar refractivity (Wildman–Crippen MR) is 220 cm³/mol. The lowest BCUT2D eigenvalue weighted by Crippen LogP contribution is -2.66. The number of carbonyl (C=O) groups excluding carboxylic acids is 3. The Morgan fingerprint density at radius 3 is 2.35 bits per heavy atom. The number of rotatable bonds is 13. The van der Waals surface area contributed by atoms with Crippen LogP contribution in [-0.2, 0) is 58.9 Å². The molecular formula is C45H69NO14. The van der Waals surface area contributed by atoms with E-state index >= 15 is 0 Å². The van der Waals surface area contributed by atoms with Crippen molar-refractivity contribution in [2.24, 2.45) is 11.8 Å². The lowest BCUT2D eigenvalue weighted by molar-refractivity contribution is -0.346. The summed E-state index contributed by atoms with van der Waals surface area (Å²) in [7, 11) is 4.95. The van der Waals surface area contributed by atoms with E-state index in [-0.39, 0.29) is 32.1 Å². The molecule has 0 radical (unpaired) electrons. The van der Waals surface area contributed by atoms with E-state index < -0.39 is 109 Å². The van der Waals surface area contributed by atoms with Crippen LogP contribution in [0.25, 0.3) is 0 Å². The van der Waals surface area contributed by atoms with E-state index in [0.717, 1.165) is 11.8 Å². The van der Waals surface area contributed by atoms with Crippen molar-refractivity contribution in [3.05, 3.63) is 60.2 Å². The third kappa shape index (κ3) is 13.7. The number of hydrogen-bond acceptors (Lipinski definition) is 15. The molecule has 0 amide bonds. The van der Waals surface area contributed by atoms with Gasteiger partial charge in [0.25, 0.3) is 0 Å². The van der Waals surface area contributed by atoms with Gasteiger partial charge in [0.1, 0.15) is 42.9 Å². The maximum absolute atomic E-state index is 13.4.